The summed E-state index contributed by atoms with van der Waals surface area (Å²) in [5.41, 5.74) is 6.61. The van der Waals surface area contributed by atoms with Gasteiger partial charge in [-0.05, 0) is 55.7 Å². The number of halogens is 2. The molecule has 2 fully saturated rings. The fourth-order valence-electron chi connectivity index (χ4n) is 3.61. The van der Waals surface area contributed by atoms with Gasteiger partial charge in [0.2, 0.25) is 0 Å². The minimum atomic E-state index is -0.265. The smallest absolute Gasteiger partial charge is 0.125 e. The quantitative estimate of drug-likeness (QED) is 0.874. The first-order valence-corrected chi connectivity index (χ1v) is 7.93. The van der Waals surface area contributed by atoms with E-state index in [4.69, 9.17) is 17.3 Å². The molecule has 2 saturated carbocycles. The summed E-state index contributed by atoms with van der Waals surface area (Å²) in [5, 5.41) is 4.03. The van der Waals surface area contributed by atoms with Crippen molar-refractivity contribution < 1.29 is 4.39 Å². The number of nitrogens with two attached hydrogens (primary N) is 1. The van der Waals surface area contributed by atoms with Crippen LogP contribution in [0.5, 0.6) is 0 Å². The highest BCUT2D eigenvalue weighted by atomic mass is 35.5. The van der Waals surface area contributed by atoms with E-state index in [9.17, 15) is 4.39 Å². The number of hydrogen-bond acceptors (Lipinski definition) is 2. The first-order valence-electron chi connectivity index (χ1n) is 7.55. The van der Waals surface area contributed by atoms with Gasteiger partial charge < -0.3 is 11.1 Å². The molecule has 2 aliphatic rings. The van der Waals surface area contributed by atoms with Crippen LogP contribution in [-0.4, -0.2) is 12.1 Å². The number of nitrogens with one attached hydrogen (secondary N) is 1. The van der Waals surface area contributed by atoms with Crippen LogP contribution in [0.25, 0.3) is 0 Å². The molecule has 0 heterocycles. The van der Waals surface area contributed by atoms with Crippen molar-refractivity contribution >= 4 is 17.3 Å². The second-order valence-corrected chi connectivity index (χ2v) is 6.83. The molecule has 0 amide bonds. The standard InChI is InChI=1S/C16H22ClFN2/c17-14-6-5-13(18)8-15(14)20-16(10-19)7-1-2-12(9-16)11-3-4-11/h5-6,8,11-12,20H,1-4,7,9-10,19H2. The van der Waals surface area contributed by atoms with Gasteiger partial charge >= 0.3 is 0 Å². The van der Waals surface area contributed by atoms with Crippen molar-refractivity contribution in [3.8, 4) is 0 Å². The Morgan fingerprint density at radius 3 is 2.80 bits per heavy atom. The monoisotopic (exact) mass is 296 g/mol. The van der Waals surface area contributed by atoms with E-state index < -0.39 is 0 Å². The van der Waals surface area contributed by atoms with Gasteiger partial charge in [-0.15, -0.1) is 0 Å². The van der Waals surface area contributed by atoms with Crippen LogP contribution in [0, 0.1) is 17.7 Å². The first kappa shape index (κ1) is 14.2. The van der Waals surface area contributed by atoms with Gasteiger partial charge in [-0.25, -0.2) is 4.39 Å². The molecular weight excluding hydrogens is 275 g/mol. The Hall–Kier alpha value is -0.800. The van der Waals surface area contributed by atoms with E-state index >= 15 is 0 Å². The lowest BCUT2D eigenvalue weighted by atomic mass is 9.73. The zero-order valence-corrected chi connectivity index (χ0v) is 12.4. The van der Waals surface area contributed by atoms with Gasteiger partial charge in [0.05, 0.1) is 10.7 Å². The Morgan fingerprint density at radius 1 is 1.30 bits per heavy atom. The lowest BCUT2D eigenvalue weighted by Crippen LogP contribution is -2.49. The number of benzene rings is 1. The van der Waals surface area contributed by atoms with Crippen molar-refractivity contribution in [1.82, 2.24) is 0 Å². The minimum absolute atomic E-state index is 0.122. The van der Waals surface area contributed by atoms with Gasteiger partial charge in [0.1, 0.15) is 5.82 Å². The summed E-state index contributed by atoms with van der Waals surface area (Å²) in [7, 11) is 0. The summed E-state index contributed by atoms with van der Waals surface area (Å²) in [6.07, 6.45) is 7.36. The Labute approximate surface area is 124 Å². The van der Waals surface area contributed by atoms with Crippen molar-refractivity contribution in [1.29, 1.82) is 0 Å². The fourth-order valence-corrected chi connectivity index (χ4v) is 3.77. The summed E-state index contributed by atoms with van der Waals surface area (Å²) in [4.78, 5) is 0. The maximum absolute atomic E-state index is 13.4. The van der Waals surface area contributed by atoms with Crippen LogP contribution in [0.15, 0.2) is 18.2 Å². The van der Waals surface area contributed by atoms with Crippen LogP contribution >= 0.6 is 11.6 Å². The molecule has 110 valence electrons. The summed E-state index contributed by atoms with van der Waals surface area (Å²) in [5.74, 6) is 1.40. The van der Waals surface area contributed by atoms with Crippen LogP contribution in [-0.2, 0) is 0 Å². The molecule has 1 aromatic rings. The molecule has 0 radical (unpaired) electrons. The number of hydrogen-bond donors (Lipinski definition) is 2. The number of rotatable bonds is 4. The average Bonchev–Trinajstić information content (AvgIpc) is 3.28. The zero-order chi connectivity index (χ0) is 14.2. The molecule has 0 aromatic heterocycles. The Morgan fingerprint density at radius 2 is 2.10 bits per heavy atom. The van der Waals surface area contributed by atoms with Gasteiger partial charge in [0.15, 0.2) is 0 Å². The molecule has 0 bridgehead atoms. The van der Waals surface area contributed by atoms with Gasteiger partial charge in [0.25, 0.3) is 0 Å². The molecular formula is C16H22ClFN2. The molecule has 20 heavy (non-hydrogen) atoms. The first-order chi connectivity index (χ1) is 9.62. The molecule has 2 nitrogen and oxygen atoms in total. The van der Waals surface area contributed by atoms with E-state index in [1.54, 1.807) is 6.07 Å². The van der Waals surface area contributed by atoms with Gasteiger partial charge in [0, 0.05) is 12.1 Å². The molecule has 1 aromatic carbocycles. The molecule has 2 unspecified atom stereocenters. The van der Waals surface area contributed by atoms with E-state index in [1.165, 1.54) is 37.8 Å². The summed E-state index contributed by atoms with van der Waals surface area (Å²) in [6, 6.07) is 4.46. The maximum Gasteiger partial charge on any atom is 0.125 e. The highest BCUT2D eigenvalue weighted by Crippen LogP contribution is 2.47. The average molecular weight is 297 g/mol. The molecule has 0 aliphatic heterocycles. The largest absolute Gasteiger partial charge is 0.377 e. The van der Waals surface area contributed by atoms with E-state index in [0.717, 1.165) is 24.7 Å². The van der Waals surface area contributed by atoms with Crippen molar-refractivity contribution in [3.63, 3.8) is 0 Å². The highest BCUT2D eigenvalue weighted by molar-refractivity contribution is 6.33. The van der Waals surface area contributed by atoms with Gasteiger partial charge in [-0.3, -0.25) is 0 Å². The minimum Gasteiger partial charge on any atom is -0.377 e. The zero-order valence-electron chi connectivity index (χ0n) is 11.7. The van der Waals surface area contributed by atoms with Crippen molar-refractivity contribution in [2.75, 3.05) is 11.9 Å². The van der Waals surface area contributed by atoms with Crippen molar-refractivity contribution in [2.24, 2.45) is 17.6 Å². The lowest BCUT2D eigenvalue weighted by molar-refractivity contribution is 0.228. The Balaban J connectivity index is 1.79. The second-order valence-electron chi connectivity index (χ2n) is 6.43. The fraction of sp³-hybridized carbons (Fsp3) is 0.625. The van der Waals surface area contributed by atoms with E-state index in [-0.39, 0.29) is 11.4 Å². The SMILES string of the molecule is NCC1(Nc2cc(F)ccc2Cl)CCCC(C2CC2)C1. The van der Waals surface area contributed by atoms with E-state index in [2.05, 4.69) is 5.32 Å². The van der Waals surface area contributed by atoms with Crippen LogP contribution in [0.1, 0.15) is 38.5 Å². The van der Waals surface area contributed by atoms with Crippen LogP contribution < -0.4 is 11.1 Å². The molecule has 2 atom stereocenters. The predicted octanol–water partition coefficient (Wildman–Crippen LogP) is 4.19. The molecule has 3 N–H and O–H groups in total. The van der Waals surface area contributed by atoms with Gasteiger partial charge in [-0.2, -0.15) is 0 Å². The maximum atomic E-state index is 13.4. The third-order valence-electron chi connectivity index (χ3n) is 4.89. The summed E-state index contributed by atoms with van der Waals surface area (Å²) in [6.45, 7) is 0.572. The third-order valence-corrected chi connectivity index (χ3v) is 5.22. The van der Waals surface area contributed by atoms with E-state index in [0.29, 0.717) is 17.3 Å². The number of anilines is 1. The van der Waals surface area contributed by atoms with E-state index in [1.807, 2.05) is 0 Å². The second kappa shape index (κ2) is 5.53. The third kappa shape index (κ3) is 2.94. The highest BCUT2D eigenvalue weighted by Gasteiger charge is 2.41. The van der Waals surface area contributed by atoms with Crippen molar-refractivity contribution in [3.05, 3.63) is 29.0 Å². The Kier molecular flexibility index (Phi) is 3.91. The molecule has 2 aliphatic carbocycles. The lowest BCUT2D eigenvalue weighted by Gasteiger charge is -2.42. The summed E-state index contributed by atoms with van der Waals surface area (Å²) < 4.78 is 13.4. The predicted molar refractivity (Wildman–Crippen MR) is 81.5 cm³/mol. The van der Waals surface area contributed by atoms with Crippen LogP contribution in [0.3, 0.4) is 0 Å². The van der Waals surface area contributed by atoms with Gasteiger partial charge in [-0.1, -0.05) is 24.4 Å². The van der Waals surface area contributed by atoms with Crippen LogP contribution in [0.2, 0.25) is 5.02 Å². The summed E-state index contributed by atoms with van der Waals surface area (Å²) >= 11 is 6.18. The van der Waals surface area contributed by atoms with Crippen molar-refractivity contribution in [2.45, 2.75) is 44.1 Å². The topological polar surface area (TPSA) is 38.0 Å². The molecule has 0 spiro atoms. The molecule has 3 rings (SSSR count). The normalized spacial score (nSPS) is 30.2. The molecule has 4 heteroatoms. The van der Waals surface area contributed by atoms with Crippen LogP contribution in [0.4, 0.5) is 10.1 Å². The molecule has 0 saturated heterocycles. The Bertz CT molecular complexity index is 489.